The fourth-order valence-corrected chi connectivity index (χ4v) is 1.29. The monoisotopic (exact) mass is 262 g/mol. The van der Waals surface area contributed by atoms with Crippen molar-refractivity contribution >= 4 is 5.97 Å². The van der Waals surface area contributed by atoms with Crippen LogP contribution in [0.25, 0.3) is 0 Å². The number of hydrogen-bond donors (Lipinski definition) is 2. The lowest BCUT2D eigenvalue weighted by atomic mass is 10.0. The van der Waals surface area contributed by atoms with Gasteiger partial charge in [-0.15, -0.1) is 0 Å². The maximum atomic E-state index is 12.7. The quantitative estimate of drug-likeness (QED) is 0.869. The number of hydrogen-bond acceptors (Lipinski definition) is 3. The highest BCUT2D eigenvalue weighted by Crippen LogP contribution is 2.30. The Hall–Kier alpha value is -1.63. The van der Waals surface area contributed by atoms with Gasteiger partial charge in [0.15, 0.2) is 0 Å². The lowest BCUT2D eigenvalue weighted by Crippen LogP contribution is -2.59. The van der Waals surface area contributed by atoms with Crippen LogP contribution in [0.2, 0.25) is 0 Å². The maximum Gasteiger partial charge on any atom is 0.417 e. The van der Waals surface area contributed by atoms with E-state index in [-0.39, 0.29) is 6.54 Å². The lowest BCUT2D eigenvalue weighted by molar-refractivity contribution is -0.206. The van der Waals surface area contributed by atoms with E-state index in [1.807, 2.05) is 5.32 Å². The van der Waals surface area contributed by atoms with Crippen LogP contribution in [0.4, 0.5) is 13.2 Å². The third kappa shape index (κ3) is 2.98. The number of rotatable bonds is 4. The Labute approximate surface area is 102 Å². The lowest BCUT2D eigenvalue weighted by Gasteiger charge is -2.28. The van der Waals surface area contributed by atoms with Crippen LogP contribution >= 0.6 is 0 Å². The van der Waals surface area contributed by atoms with E-state index in [1.165, 1.54) is 6.20 Å². The molecule has 7 heteroatoms. The summed E-state index contributed by atoms with van der Waals surface area (Å²) in [5, 5.41) is 10.7. The zero-order chi connectivity index (χ0) is 14.0. The molecule has 0 saturated heterocycles. The highest BCUT2D eigenvalue weighted by Gasteiger charge is 2.57. The first-order chi connectivity index (χ1) is 8.17. The molecular formula is C11H13F3N2O2. The third-order valence-corrected chi connectivity index (χ3v) is 2.57. The molecule has 18 heavy (non-hydrogen) atoms. The van der Waals surface area contributed by atoms with E-state index in [0.29, 0.717) is 12.5 Å². The Morgan fingerprint density at radius 1 is 1.44 bits per heavy atom. The van der Waals surface area contributed by atoms with Gasteiger partial charge in [0.1, 0.15) is 0 Å². The number of aryl methyl sites for hydroxylation is 1. The number of aromatic nitrogens is 1. The van der Waals surface area contributed by atoms with Crippen molar-refractivity contribution < 1.29 is 23.1 Å². The molecule has 1 unspecified atom stereocenters. The summed E-state index contributed by atoms with van der Waals surface area (Å²) in [6.45, 7) is 2.12. The molecule has 2 N–H and O–H groups in total. The van der Waals surface area contributed by atoms with Gasteiger partial charge in [-0.1, -0.05) is 6.07 Å². The maximum absolute atomic E-state index is 12.7. The molecule has 0 aliphatic rings. The van der Waals surface area contributed by atoms with Crippen molar-refractivity contribution in [2.24, 2.45) is 0 Å². The van der Waals surface area contributed by atoms with E-state index in [2.05, 4.69) is 4.98 Å². The largest absolute Gasteiger partial charge is 0.480 e. The van der Waals surface area contributed by atoms with Gasteiger partial charge in [-0.25, -0.2) is 4.79 Å². The van der Waals surface area contributed by atoms with Crippen molar-refractivity contribution in [1.82, 2.24) is 10.3 Å². The summed E-state index contributed by atoms with van der Waals surface area (Å²) in [5.74, 6) is -1.96. The molecule has 1 aromatic rings. The van der Waals surface area contributed by atoms with E-state index in [0.717, 1.165) is 5.56 Å². The highest BCUT2D eigenvalue weighted by molar-refractivity contribution is 5.79. The van der Waals surface area contributed by atoms with Crippen molar-refractivity contribution in [2.45, 2.75) is 32.1 Å². The van der Waals surface area contributed by atoms with Crippen molar-refractivity contribution in [1.29, 1.82) is 0 Å². The Kier molecular flexibility index (Phi) is 3.95. The molecule has 1 rings (SSSR count). The number of pyridine rings is 1. The fourth-order valence-electron chi connectivity index (χ4n) is 1.29. The Balaban J connectivity index is 2.85. The van der Waals surface area contributed by atoms with E-state index < -0.39 is 17.7 Å². The smallest absolute Gasteiger partial charge is 0.417 e. The van der Waals surface area contributed by atoms with Gasteiger partial charge < -0.3 is 5.11 Å². The van der Waals surface area contributed by atoms with E-state index in [4.69, 9.17) is 5.11 Å². The van der Waals surface area contributed by atoms with Crippen LogP contribution < -0.4 is 5.32 Å². The first-order valence-corrected chi connectivity index (χ1v) is 5.12. The molecule has 0 aliphatic heterocycles. The summed E-state index contributed by atoms with van der Waals surface area (Å²) >= 11 is 0. The number of nitrogens with zero attached hydrogens (tertiary/aromatic N) is 1. The van der Waals surface area contributed by atoms with Gasteiger partial charge in [-0.05, 0) is 25.0 Å². The number of aliphatic carboxylic acids is 1. The van der Waals surface area contributed by atoms with Crippen LogP contribution in [0, 0.1) is 6.92 Å². The predicted molar refractivity (Wildman–Crippen MR) is 57.9 cm³/mol. The van der Waals surface area contributed by atoms with E-state index in [9.17, 15) is 18.0 Å². The molecule has 0 aromatic carbocycles. The van der Waals surface area contributed by atoms with Crippen LogP contribution in [0.3, 0.4) is 0 Å². The molecule has 1 atom stereocenters. The number of nitrogens with one attached hydrogen (secondary N) is 1. The van der Waals surface area contributed by atoms with Crippen molar-refractivity contribution in [2.75, 3.05) is 0 Å². The van der Waals surface area contributed by atoms with Gasteiger partial charge >= 0.3 is 12.1 Å². The van der Waals surface area contributed by atoms with Gasteiger partial charge in [-0.3, -0.25) is 10.3 Å². The van der Waals surface area contributed by atoms with Crippen LogP contribution in [0.1, 0.15) is 18.1 Å². The predicted octanol–water partition coefficient (Wildman–Crippen LogP) is 1.89. The van der Waals surface area contributed by atoms with Gasteiger partial charge in [0.2, 0.25) is 5.54 Å². The summed E-state index contributed by atoms with van der Waals surface area (Å²) in [6.07, 6.45) is -1.93. The Morgan fingerprint density at radius 3 is 2.50 bits per heavy atom. The van der Waals surface area contributed by atoms with Crippen molar-refractivity contribution in [3.8, 4) is 0 Å². The second kappa shape index (κ2) is 4.93. The molecule has 0 bridgehead atoms. The summed E-state index contributed by atoms with van der Waals surface area (Å²) < 4.78 is 38.0. The van der Waals surface area contributed by atoms with E-state index in [1.54, 1.807) is 19.2 Å². The number of alkyl halides is 3. The van der Waals surface area contributed by atoms with Gasteiger partial charge in [-0.2, -0.15) is 13.2 Å². The standard InChI is InChI=1S/C11H13F3N2O2/c1-7-3-8(5-15-4-7)6-16-10(2,9(17)18)11(12,13)14/h3-5,16H,6H2,1-2H3,(H,17,18). The molecule has 0 spiro atoms. The van der Waals surface area contributed by atoms with Crippen LogP contribution in [0.15, 0.2) is 18.5 Å². The second-order valence-electron chi connectivity index (χ2n) is 4.15. The van der Waals surface area contributed by atoms with E-state index >= 15 is 0 Å². The fraction of sp³-hybridized carbons (Fsp3) is 0.455. The first-order valence-electron chi connectivity index (χ1n) is 5.12. The third-order valence-electron chi connectivity index (χ3n) is 2.57. The van der Waals surface area contributed by atoms with Crippen molar-refractivity contribution in [3.05, 3.63) is 29.6 Å². The summed E-state index contributed by atoms with van der Waals surface area (Å²) in [4.78, 5) is 14.6. The first kappa shape index (κ1) is 14.4. The normalized spacial score (nSPS) is 15.2. The molecule has 1 heterocycles. The number of carbonyl (C=O) groups is 1. The number of carboxylic acid groups (broad SMARTS) is 1. The number of halogens is 3. The SMILES string of the molecule is Cc1cncc(CNC(C)(C(=O)O)C(F)(F)F)c1. The summed E-state index contributed by atoms with van der Waals surface area (Å²) in [5.41, 5.74) is -1.69. The van der Waals surface area contributed by atoms with Crippen LogP contribution in [0.5, 0.6) is 0 Å². The van der Waals surface area contributed by atoms with Crippen LogP contribution in [-0.4, -0.2) is 27.8 Å². The topological polar surface area (TPSA) is 62.2 Å². The van der Waals surface area contributed by atoms with Gasteiger partial charge in [0.05, 0.1) is 0 Å². The molecule has 100 valence electrons. The Morgan fingerprint density at radius 2 is 2.06 bits per heavy atom. The van der Waals surface area contributed by atoms with Gasteiger partial charge in [0, 0.05) is 18.9 Å². The molecule has 0 amide bonds. The summed E-state index contributed by atoms with van der Waals surface area (Å²) in [6, 6.07) is 1.64. The van der Waals surface area contributed by atoms with Crippen LogP contribution in [-0.2, 0) is 11.3 Å². The zero-order valence-electron chi connectivity index (χ0n) is 9.88. The minimum atomic E-state index is -4.88. The average molecular weight is 262 g/mol. The average Bonchev–Trinajstić information content (AvgIpc) is 2.24. The molecule has 0 radical (unpaired) electrons. The molecule has 1 aromatic heterocycles. The zero-order valence-corrected chi connectivity index (χ0v) is 9.88. The second-order valence-corrected chi connectivity index (χ2v) is 4.15. The minimum absolute atomic E-state index is 0.225. The van der Waals surface area contributed by atoms with Gasteiger partial charge in [0.25, 0.3) is 0 Å². The molecule has 0 aliphatic carbocycles. The highest BCUT2D eigenvalue weighted by atomic mass is 19.4. The Bertz CT molecular complexity index is 448. The number of carboxylic acids is 1. The van der Waals surface area contributed by atoms with Crippen molar-refractivity contribution in [3.63, 3.8) is 0 Å². The molecule has 4 nitrogen and oxygen atoms in total. The molecule has 0 saturated carbocycles. The molecule has 0 fully saturated rings. The molecular weight excluding hydrogens is 249 g/mol. The minimum Gasteiger partial charge on any atom is -0.480 e. The summed E-state index contributed by atoms with van der Waals surface area (Å²) in [7, 11) is 0.